The lowest BCUT2D eigenvalue weighted by Gasteiger charge is -2.32. The highest BCUT2D eigenvalue weighted by atomic mass is 35.5. The second-order valence-electron chi connectivity index (χ2n) is 7.02. The number of hydrogen-bond acceptors (Lipinski definition) is 4. The van der Waals surface area contributed by atoms with Gasteiger partial charge in [-0.25, -0.2) is 0 Å². The quantitative estimate of drug-likeness (QED) is 0.675. The van der Waals surface area contributed by atoms with Gasteiger partial charge in [0.25, 0.3) is 0 Å². The SMILES string of the molecule is CC(C)[C@H](N)C(=O)NCC(=O)N1CCCC(C(=O)Nc2ccccc2)C1.Cl. The number of nitrogens with two attached hydrogens (primary N) is 1. The van der Waals surface area contributed by atoms with E-state index in [0.29, 0.717) is 13.1 Å². The summed E-state index contributed by atoms with van der Waals surface area (Å²) in [5, 5.41) is 5.47. The maximum absolute atomic E-state index is 12.4. The predicted molar refractivity (Wildman–Crippen MR) is 107 cm³/mol. The van der Waals surface area contributed by atoms with E-state index in [9.17, 15) is 14.4 Å². The van der Waals surface area contributed by atoms with E-state index in [1.165, 1.54) is 0 Å². The molecule has 1 saturated heterocycles. The molecule has 1 fully saturated rings. The Bertz CT molecular complexity index is 639. The molecule has 0 radical (unpaired) electrons. The second kappa shape index (κ2) is 10.9. The van der Waals surface area contributed by atoms with Crippen molar-refractivity contribution in [1.29, 1.82) is 0 Å². The minimum Gasteiger partial charge on any atom is -0.346 e. The first-order valence-corrected chi connectivity index (χ1v) is 9.05. The molecule has 2 atom stereocenters. The number of carbonyl (C=O) groups excluding carboxylic acids is 3. The van der Waals surface area contributed by atoms with Gasteiger partial charge >= 0.3 is 0 Å². The number of para-hydroxylation sites is 1. The lowest BCUT2D eigenvalue weighted by molar-refractivity contribution is -0.136. The van der Waals surface area contributed by atoms with Crippen LogP contribution in [0.25, 0.3) is 0 Å². The van der Waals surface area contributed by atoms with Crippen LogP contribution >= 0.6 is 12.4 Å². The van der Waals surface area contributed by atoms with Crippen LogP contribution < -0.4 is 16.4 Å². The van der Waals surface area contributed by atoms with Gasteiger partial charge in [-0.2, -0.15) is 0 Å². The summed E-state index contributed by atoms with van der Waals surface area (Å²) in [7, 11) is 0. The molecule has 0 aromatic heterocycles. The lowest BCUT2D eigenvalue weighted by Crippen LogP contribution is -2.50. The summed E-state index contributed by atoms with van der Waals surface area (Å²) in [6, 6.07) is 8.63. The van der Waals surface area contributed by atoms with Gasteiger partial charge in [0, 0.05) is 18.8 Å². The minimum atomic E-state index is -0.631. The molecule has 0 aliphatic carbocycles. The molecule has 1 heterocycles. The highest BCUT2D eigenvalue weighted by Gasteiger charge is 2.29. The molecule has 1 aromatic carbocycles. The first kappa shape index (κ1) is 22.9. The number of likely N-dealkylation sites (tertiary alicyclic amines) is 1. The van der Waals surface area contributed by atoms with E-state index in [2.05, 4.69) is 10.6 Å². The van der Waals surface area contributed by atoms with Crippen molar-refractivity contribution in [3.63, 3.8) is 0 Å². The molecule has 1 aromatic rings. The zero-order valence-electron chi connectivity index (χ0n) is 15.8. The minimum absolute atomic E-state index is 0. The van der Waals surface area contributed by atoms with Gasteiger partial charge in [0.15, 0.2) is 0 Å². The third kappa shape index (κ3) is 6.84. The van der Waals surface area contributed by atoms with Crippen molar-refractivity contribution in [1.82, 2.24) is 10.2 Å². The fourth-order valence-corrected chi connectivity index (χ4v) is 2.88. The Hall–Kier alpha value is -2.12. The largest absolute Gasteiger partial charge is 0.346 e. The van der Waals surface area contributed by atoms with Crippen LogP contribution in [0.2, 0.25) is 0 Å². The molecule has 7 nitrogen and oxygen atoms in total. The van der Waals surface area contributed by atoms with Crippen molar-refractivity contribution >= 4 is 35.8 Å². The van der Waals surface area contributed by atoms with Crippen LogP contribution in [0.4, 0.5) is 5.69 Å². The van der Waals surface area contributed by atoms with Crippen LogP contribution in [0, 0.1) is 11.8 Å². The summed E-state index contributed by atoms with van der Waals surface area (Å²) < 4.78 is 0. The average molecular weight is 397 g/mol. The molecule has 150 valence electrons. The molecule has 8 heteroatoms. The summed E-state index contributed by atoms with van der Waals surface area (Å²) in [5.41, 5.74) is 6.52. The van der Waals surface area contributed by atoms with Crippen molar-refractivity contribution in [2.45, 2.75) is 32.7 Å². The summed E-state index contributed by atoms with van der Waals surface area (Å²) in [4.78, 5) is 38.3. The van der Waals surface area contributed by atoms with E-state index in [1.54, 1.807) is 4.90 Å². The molecule has 1 unspecified atom stereocenters. The smallest absolute Gasteiger partial charge is 0.241 e. The molecule has 4 N–H and O–H groups in total. The molecule has 3 amide bonds. The van der Waals surface area contributed by atoms with E-state index < -0.39 is 6.04 Å². The predicted octanol–water partition coefficient (Wildman–Crippen LogP) is 1.38. The lowest BCUT2D eigenvalue weighted by atomic mass is 9.97. The molecule has 0 saturated carbocycles. The highest BCUT2D eigenvalue weighted by Crippen LogP contribution is 2.19. The number of nitrogens with zero attached hydrogens (tertiary/aromatic N) is 1. The van der Waals surface area contributed by atoms with Crippen molar-refractivity contribution < 1.29 is 14.4 Å². The number of rotatable bonds is 6. The van der Waals surface area contributed by atoms with Crippen molar-refractivity contribution in [2.75, 3.05) is 25.0 Å². The molecular weight excluding hydrogens is 368 g/mol. The standard InChI is InChI=1S/C19H28N4O3.ClH/c1-13(2)17(20)19(26)21-11-16(24)23-10-6-7-14(12-23)18(25)22-15-8-4-3-5-9-15;/h3-5,8-9,13-14,17H,6-7,10-12,20H2,1-2H3,(H,21,26)(H,22,25);1H/t14?,17-;/m0./s1. The van der Waals surface area contributed by atoms with Gasteiger partial charge in [-0.1, -0.05) is 32.0 Å². The molecule has 1 aliphatic heterocycles. The number of nitrogens with one attached hydrogen (secondary N) is 2. The Balaban J connectivity index is 0.00000364. The van der Waals surface area contributed by atoms with Gasteiger partial charge in [-0.15, -0.1) is 12.4 Å². The van der Waals surface area contributed by atoms with Crippen LogP contribution in [-0.2, 0) is 14.4 Å². The van der Waals surface area contributed by atoms with Crippen molar-refractivity contribution in [3.05, 3.63) is 30.3 Å². The van der Waals surface area contributed by atoms with Gasteiger partial charge in [-0.3, -0.25) is 14.4 Å². The molecule has 2 rings (SSSR count). The topological polar surface area (TPSA) is 105 Å². The normalized spacial score (nSPS) is 17.6. The fraction of sp³-hybridized carbons (Fsp3) is 0.526. The van der Waals surface area contributed by atoms with Gasteiger partial charge in [0.2, 0.25) is 17.7 Å². The maximum Gasteiger partial charge on any atom is 0.241 e. The number of halogens is 1. The van der Waals surface area contributed by atoms with E-state index in [4.69, 9.17) is 5.73 Å². The van der Waals surface area contributed by atoms with Crippen LogP contribution in [0.5, 0.6) is 0 Å². The van der Waals surface area contributed by atoms with E-state index >= 15 is 0 Å². The Morgan fingerprint density at radius 1 is 1.22 bits per heavy atom. The fourth-order valence-electron chi connectivity index (χ4n) is 2.88. The van der Waals surface area contributed by atoms with Crippen molar-refractivity contribution in [2.24, 2.45) is 17.6 Å². The van der Waals surface area contributed by atoms with Crippen LogP contribution in [0.1, 0.15) is 26.7 Å². The Morgan fingerprint density at radius 3 is 2.52 bits per heavy atom. The summed E-state index contributed by atoms with van der Waals surface area (Å²) >= 11 is 0. The number of benzene rings is 1. The number of anilines is 1. The number of amides is 3. The number of piperidine rings is 1. The van der Waals surface area contributed by atoms with Crippen LogP contribution in [0.15, 0.2) is 30.3 Å². The Labute approximate surface area is 166 Å². The van der Waals surface area contributed by atoms with Crippen molar-refractivity contribution in [3.8, 4) is 0 Å². The zero-order valence-corrected chi connectivity index (χ0v) is 16.6. The van der Waals surface area contributed by atoms with E-state index in [-0.39, 0.29) is 48.5 Å². The third-order valence-corrected chi connectivity index (χ3v) is 4.62. The average Bonchev–Trinajstić information content (AvgIpc) is 2.66. The Kier molecular flexibility index (Phi) is 9.25. The maximum atomic E-state index is 12.4. The molecule has 0 bridgehead atoms. The van der Waals surface area contributed by atoms with Gasteiger partial charge in [0.05, 0.1) is 18.5 Å². The second-order valence-corrected chi connectivity index (χ2v) is 7.02. The van der Waals surface area contributed by atoms with Crippen LogP contribution in [-0.4, -0.2) is 48.3 Å². The number of hydrogen-bond donors (Lipinski definition) is 3. The summed E-state index contributed by atoms with van der Waals surface area (Å²) in [6.45, 7) is 4.58. The van der Waals surface area contributed by atoms with Gasteiger partial charge in [0.1, 0.15) is 0 Å². The first-order chi connectivity index (χ1) is 12.4. The molecule has 27 heavy (non-hydrogen) atoms. The van der Waals surface area contributed by atoms with Gasteiger partial charge < -0.3 is 21.3 Å². The Morgan fingerprint density at radius 2 is 1.89 bits per heavy atom. The zero-order chi connectivity index (χ0) is 19.1. The highest BCUT2D eigenvalue weighted by molar-refractivity contribution is 5.93. The monoisotopic (exact) mass is 396 g/mol. The summed E-state index contributed by atoms with van der Waals surface area (Å²) in [6.07, 6.45) is 1.51. The first-order valence-electron chi connectivity index (χ1n) is 9.05. The van der Waals surface area contributed by atoms with Gasteiger partial charge in [-0.05, 0) is 30.9 Å². The summed E-state index contributed by atoms with van der Waals surface area (Å²) in [5.74, 6) is -0.845. The van der Waals surface area contributed by atoms with Crippen LogP contribution in [0.3, 0.4) is 0 Å². The molecule has 1 aliphatic rings. The number of carbonyl (C=O) groups is 3. The van der Waals surface area contributed by atoms with E-state index in [1.807, 2.05) is 44.2 Å². The third-order valence-electron chi connectivity index (χ3n) is 4.62. The van der Waals surface area contributed by atoms with E-state index in [0.717, 1.165) is 18.5 Å². The molecule has 0 spiro atoms. The molecular formula is C19H29ClN4O3.